The molecule has 17 heavy (non-hydrogen) atoms. The zero-order chi connectivity index (χ0) is 12.1. The number of nitrogens with one attached hydrogen (secondary N) is 1. The number of hydrogen-bond acceptors (Lipinski definition) is 4. The summed E-state index contributed by atoms with van der Waals surface area (Å²) in [7, 11) is 3.78. The standard InChI is InChI=1S/C13H21N3O/c1-14-12(11-10-15-8-9-16-11)13(17-2)6-4-3-5-7-13/h8-10,12,14H,3-7H2,1-2H3. The van der Waals surface area contributed by atoms with Gasteiger partial charge in [-0.25, -0.2) is 0 Å². The van der Waals surface area contributed by atoms with Crippen LogP contribution in [0.1, 0.15) is 43.8 Å². The molecule has 1 atom stereocenters. The Kier molecular flexibility index (Phi) is 4.07. The molecule has 1 unspecified atom stereocenters. The second kappa shape index (κ2) is 5.56. The van der Waals surface area contributed by atoms with E-state index in [9.17, 15) is 0 Å². The van der Waals surface area contributed by atoms with Gasteiger partial charge in [-0.1, -0.05) is 19.3 Å². The maximum atomic E-state index is 5.86. The van der Waals surface area contributed by atoms with Crippen molar-refractivity contribution in [2.75, 3.05) is 14.2 Å². The number of likely N-dealkylation sites (N-methyl/N-ethyl adjacent to an activating group) is 1. The van der Waals surface area contributed by atoms with Crippen LogP contribution in [0.25, 0.3) is 0 Å². The van der Waals surface area contributed by atoms with Gasteiger partial charge in [-0.05, 0) is 19.9 Å². The molecule has 0 aliphatic heterocycles. The van der Waals surface area contributed by atoms with Crippen LogP contribution >= 0.6 is 0 Å². The Balaban J connectivity index is 2.26. The van der Waals surface area contributed by atoms with Gasteiger partial charge >= 0.3 is 0 Å². The average Bonchev–Trinajstić information content (AvgIpc) is 2.42. The Morgan fingerprint density at radius 1 is 1.29 bits per heavy atom. The van der Waals surface area contributed by atoms with E-state index in [0.717, 1.165) is 18.5 Å². The zero-order valence-electron chi connectivity index (χ0n) is 10.6. The van der Waals surface area contributed by atoms with Gasteiger partial charge in [0, 0.05) is 19.5 Å². The maximum absolute atomic E-state index is 5.86. The smallest absolute Gasteiger partial charge is 0.0888 e. The third kappa shape index (κ3) is 2.48. The number of nitrogens with zero attached hydrogens (tertiary/aromatic N) is 2. The Morgan fingerprint density at radius 2 is 2.06 bits per heavy atom. The molecule has 0 saturated heterocycles. The fourth-order valence-electron chi connectivity index (χ4n) is 2.90. The molecule has 1 aromatic heterocycles. The summed E-state index contributed by atoms with van der Waals surface area (Å²) >= 11 is 0. The fraction of sp³-hybridized carbons (Fsp3) is 0.692. The van der Waals surface area contributed by atoms with E-state index in [4.69, 9.17) is 4.74 Å². The Hall–Kier alpha value is -1.00. The van der Waals surface area contributed by atoms with Crippen molar-refractivity contribution in [3.63, 3.8) is 0 Å². The predicted molar refractivity (Wildman–Crippen MR) is 66.7 cm³/mol. The topological polar surface area (TPSA) is 47.0 Å². The highest BCUT2D eigenvalue weighted by Gasteiger charge is 2.40. The first-order valence-corrected chi connectivity index (χ1v) is 6.31. The SMILES string of the molecule is CNC(c1cnccn1)C1(OC)CCCCC1. The highest BCUT2D eigenvalue weighted by atomic mass is 16.5. The van der Waals surface area contributed by atoms with Crippen molar-refractivity contribution in [3.8, 4) is 0 Å². The van der Waals surface area contributed by atoms with Gasteiger partial charge in [0.05, 0.1) is 23.5 Å². The van der Waals surface area contributed by atoms with Crippen LogP contribution in [-0.4, -0.2) is 29.7 Å². The first kappa shape index (κ1) is 12.5. The highest BCUT2D eigenvalue weighted by molar-refractivity contribution is 5.11. The molecule has 4 heteroatoms. The molecule has 0 spiro atoms. The van der Waals surface area contributed by atoms with Crippen LogP contribution in [0.4, 0.5) is 0 Å². The molecule has 0 bridgehead atoms. The summed E-state index contributed by atoms with van der Waals surface area (Å²) in [6.45, 7) is 0. The molecule has 1 heterocycles. The van der Waals surface area contributed by atoms with Crippen molar-refractivity contribution in [2.24, 2.45) is 0 Å². The third-order valence-corrected chi connectivity index (χ3v) is 3.80. The van der Waals surface area contributed by atoms with Gasteiger partial charge in [0.15, 0.2) is 0 Å². The Bertz CT molecular complexity index is 336. The minimum atomic E-state index is -0.122. The summed E-state index contributed by atoms with van der Waals surface area (Å²) in [6, 6.07) is 0.126. The Morgan fingerprint density at radius 3 is 2.59 bits per heavy atom. The van der Waals surface area contributed by atoms with Gasteiger partial charge in [-0.3, -0.25) is 9.97 Å². The van der Waals surface area contributed by atoms with Gasteiger partial charge in [0.1, 0.15) is 0 Å². The molecule has 94 valence electrons. The molecule has 1 fully saturated rings. The molecule has 4 nitrogen and oxygen atoms in total. The normalized spacial score (nSPS) is 21.1. The number of hydrogen-bond donors (Lipinski definition) is 1. The summed E-state index contributed by atoms with van der Waals surface area (Å²) in [6.07, 6.45) is 11.2. The van der Waals surface area contributed by atoms with Crippen LogP contribution in [0.5, 0.6) is 0 Å². The molecule has 0 radical (unpaired) electrons. The van der Waals surface area contributed by atoms with Crippen LogP contribution < -0.4 is 5.32 Å². The van der Waals surface area contributed by atoms with E-state index < -0.39 is 0 Å². The zero-order valence-corrected chi connectivity index (χ0v) is 10.6. The van der Waals surface area contributed by atoms with Crippen molar-refractivity contribution in [2.45, 2.75) is 43.7 Å². The molecule has 2 rings (SSSR count). The van der Waals surface area contributed by atoms with E-state index in [1.165, 1.54) is 19.3 Å². The quantitative estimate of drug-likeness (QED) is 0.868. The average molecular weight is 235 g/mol. The summed E-state index contributed by atoms with van der Waals surface area (Å²) in [5, 5.41) is 3.35. The first-order chi connectivity index (χ1) is 8.32. The van der Waals surface area contributed by atoms with Crippen molar-refractivity contribution in [1.29, 1.82) is 0 Å². The van der Waals surface area contributed by atoms with Crippen LogP contribution in [-0.2, 0) is 4.74 Å². The minimum Gasteiger partial charge on any atom is -0.376 e. The predicted octanol–water partition coefficient (Wildman–Crippen LogP) is 2.09. The summed E-state index contributed by atoms with van der Waals surface area (Å²) in [5.74, 6) is 0. The molecular formula is C13H21N3O. The molecule has 0 aromatic carbocycles. The lowest BCUT2D eigenvalue weighted by molar-refractivity contribution is -0.0681. The number of ether oxygens (including phenoxy) is 1. The van der Waals surface area contributed by atoms with Gasteiger partial charge in [-0.15, -0.1) is 0 Å². The monoisotopic (exact) mass is 235 g/mol. The third-order valence-electron chi connectivity index (χ3n) is 3.80. The van der Waals surface area contributed by atoms with Crippen molar-refractivity contribution < 1.29 is 4.74 Å². The van der Waals surface area contributed by atoms with Crippen LogP contribution in [0.3, 0.4) is 0 Å². The van der Waals surface area contributed by atoms with Gasteiger partial charge in [0.25, 0.3) is 0 Å². The highest BCUT2D eigenvalue weighted by Crippen LogP contribution is 2.40. The number of rotatable bonds is 4. The van der Waals surface area contributed by atoms with Crippen LogP contribution in [0.2, 0.25) is 0 Å². The fourth-order valence-corrected chi connectivity index (χ4v) is 2.90. The van der Waals surface area contributed by atoms with Crippen LogP contribution in [0, 0.1) is 0 Å². The van der Waals surface area contributed by atoms with E-state index in [2.05, 4.69) is 15.3 Å². The first-order valence-electron chi connectivity index (χ1n) is 6.31. The minimum absolute atomic E-state index is 0.122. The van der Waals surface area contributed by atoms with Crippen molar-refractivity contribution in [3.05, 3.63) is 24.3 Å². The van der Waals surface area contributed by atoms with E-state index in [-0.39, 0.29) is 11.6 Å². The summed E-state index contributed by atoms with van der Waals surface area (Å²) in [5.41, 5.74) is 0.849. The van der Waals surface area contributed by atoms with Gasteiger partial charge in [-0.2, -0.15) is 0 Å². The van der Waals surface area contributed by atoms with Crippen molar-refractivity contribution in [1.82, 2.24) is 15.3 Å². The molecule has 1 aliphatic rings. The largest absolute Gasteiger partial charge is 0.376 e. The summed E-state index contributed by atoms with van der Waals surface area (Å²) in [4.78, 5) is 8.57. The Labute approximate surface area is 103 Å². The van der Waals surface area contributed by atoms with Gasteiger partial charge < -0.3 is 10.1 Å². The molecule has 1 saturated carbocycles. The lowest BCUT2D eigenvalue weighted by atomic mass is 9.78. The van der Waals surface area contributed by atoms with Crippen LogP contribution in [0.15, 0.2) is 18.6 Å². The lowest BCUT2D eigenvalue weighted by Crippen LogP contribution is -2.46. The molecule has 1 N–H and O–H groups in total. The van der Waals surface area contributed by atoms with E-state index in [0.29, 0.717) is 0 Å². The maximum Gasteiger partial charge on any atom is 0.0888 e. The second-order valence-electron chi connectivity index (χ2n) is 4.68. The second-order valence-corrected chi connectivity index (χ2v) is 4.68. The van der Waals surface area contributed by atoms with E-state index in [1.807, 2.05) is 20.4 Å². The molecular weight excluding hydrogens is 214 g/mol. The molecule has 0 amide bonds. The molecule has 1 aromatic rings. The summed E-state index contributed by atoms with van der Waals surface area (Å²) < 4.78 is 5.86. The van der Waals surface area contributed by atoms with E-state index in [1.54, 1.807) is 12.4 Å². The van der Waals surface area contributed by atoms with Gasteiger partial charge in [0.2, 0.25) is 0 Å². The number of methoxy groups -OCH3 is 1. The van der Waals surface area contributed by atoms with E-state index >= 15 is 0 Å². The molecule has 1 aliphatic carbocycles. The van der Waals surface area contributed by atoms with Crippen molar-refractivity contribution >= 4 is 0 Å². The number of aromatic nitrogens is 2. The lowest BCUT2D eigenvalue weighted by Gasteiger charge is -2.41.